The van der Waals surface area contributed by atoms with E-state index in [-0.39, 0.29) is 17.4 Å². The molecule has 3 aromatic carbocycles. The number of ether oxygens (including phenoxy) is 1. The van der Waals surface area contributed by atoms with Crippen molar-refractivity contribution in [2.75, 3.05) is 17.7 Å². The smallest absolute Gasteiger partial charge is 0.272 e. The molecule has 2 N–H and O–H groups in total. The van der Waals surface area contributed by atoms with Crippen molar-refractivity contribution in [3.05, 3.63) is 118 Å². The topological polar surface area (TPSA) is 84.5 Å². The van der Waals surface area contributed by atoms with Crippen LogP contribution in [-0.4, -0.2) is 30.0 Å². The molecule has 192 valence electrons. The summed E-state index contributed by atoms with van der Waals surface area (Å²) in [5, 5.41) is 7.47. The molecule has 0 aliphatic rings. The Morgan fingerprint density at radius 3 is 2.26 bits per heavy atom. The second kappa shape index (κ2) is 13.4. The minimum atomic E-state index is -0.436. The van der Waals surface area contributed by atoms with Crippen LogP contribution in [0, 0.1) is 0 Å². The van der Waals surface area contributed by atoms with Gasteiger partial charge in [-0.25, -0.2) is 0 Å². The summed E-state index contributed by atoms with van der Waals surface area (Å²) in [5.41, 5.74) is 1.80. The zero-order valence-electron chi connectivity index (χ0n) is 20.7. The molecular formula is C30H26N2O4S2. The van der Waals surface area contributed by atoms with Crippen LogP contribution in [0.2, 0.25) is 0 Å². The van der Waals surface area contributed by atoms with Crippen LogP contribution in [-0.2, 0) is 4.79 Å². The van der Waals surface area contributed by atoms with Gasteiger partial charge in [0.15, 0.2) is 5.78 Å². The first-order valence-corrected chi connectivity index (χ1v) is 13.8. The number of thioether (sulfide) groups is 1. The molecule has 0 bridgehead atoms. The number of rotatable bonds is 11. The average Bonchev–Trinajstić information content (AvgIpc) is 3.46. The average molecular weight is 543 g/mol. The van der Waals surface area contributed by atoms with Crippen LogP contribution >= 0.6 is 23.1 Å². The molecule has 0 saturated heterocycles. The maximum Gasteiger partial charge on any atom is 0.272 e. The number of anilines is 1. The van der Waals surface area contributed by atoms with Crippen LogP contribution in [0.25, 0.3) is 6.08 Å². The van der Waals surface area contributed by atoms with Crippen LogP contribution in [0.3, 0.4) is 0 Å². The fraction of sp³-hybridized carbons (Fsp3) is 0.100. The molecule has 0 aliphatic heterocycles. The van der Waals surface area contributed by atoms with Gasteiger partial charge in [-0.2, -0.15) is 0 Å². The molecule has 4 rings (SSSR count). The van der Waals surface area contributed by atoms with Crippen molar-refractivity contribution in [3.8, 4) is 5.75 Å². The third-order valence-corrected chi connectivity index (χ3v) is 7.16. The van der Waals surface area contributed by atoms with Gasteiger partial charge in [-0.05, 0) is 85.1 Å². The summed E-state index contributed by atoms with van der Waals surface area (Å²) in [6, 6.07) is 26.8. The third kappa shape index (κ3) is 7.68. The van der Waals surface area contributed by atoms with E-state index in [1.807, 2.05) is 42.6 Å². The van der Waals surface area contributed by atoms with Crippen LogP contribution in [0.1, 0.15) is 32.5 Å². The van der Waals surface area contributed by atoms with E-state index < -0.39 is 5.91 Å². The van der Waals surface area contributed by atoms with E-state index in [1.54, 1.807) is 66.7 Å². The van der Waals surface area contributed by atoms with Crippen molar-refractivity contribution in [2.45, 2.75) is 11.8 Å². The van der Waals surface area contributed by atoms with Crippen molar-refractivity contribution < 1.29 is 19.1 Å². The van der Waals surface area contributed by atoms with Gasteiger partial charge in [-0.15, -0.1) is 23.1 Å². The van der Waals surface area contributed by atoms with E-state index in [2.05, 4.69) is 10.6 Å². The highest BCUT2D eigenvalue weighted by Crippen LogP contribution is 2.23. The molecule has 1 aromatic heterocycles. The Hall–Kier alpha value is -4.14. The molecule has 6 nitrogen and oxygen atoms in total. The van der Waals surface area contributed by atoms with Gasteiger partial charge < -0.3 is 15.4 Å². The van der Waals surface area contributed by atoms with E-state index in [9.17, 15) is 14.4 Å². The Bertz CT molecular complexity index is 1400. The van der Waals surface area contributed by atoms with Gasteiger partial charge in [0.25, 0.3) is 11.8 Å². The molecule has 0 fully saturated rings. The Labute approximate surface area is 229 Å². The number of Topliss-reactive ketones (excluding diaryl/α,β-unsaturated/α-hetero) is 1. The Morgan fingerprint density at radius 1 is 0.868 bits per heavy atom. The van der Waals surface area contributed by atoms with Gasteiger partial charge in [-0.3, -0.25) is 14.4 Å². The van der Waals surface area contributed by atoms with Crippen LogP contribution in [0.5, 0.6) is 5.75 Å². The van der Waals surface area contributed by atoms with Gasteiger partial charge in [-0.1, -0.05) is 24.3 Å². The first kappa shape index (κ1) is 26.9. The lowest BCUT2D eigenvalue weighted by Gasteiger charge is -2.11. The summed E-state index contributed by atoms with van der Waals surface area (Å²) >= 11 is 2.88. The number of amides is 2. The summed E-state index contributed by atoms with van der Waals surface area (Å²) in [4.78, 5) is 40.0. The second-order valence-electron chi connectivity index (χ2n) is 8.04. The number of ketones is 1. The third-order valence-electron chi connectivity index (χ3n) is 5.33. The maximum atomic E-state index is 13.1. The van der Waals surface area contributed by atoms with Crippen molar-refractivity contribution in [1.82, 2.24) is 5.32 Å². The maximum absolute atomic E-state index is 13.1. The van der Waals surface area contributed by atoms with Crippen molar-refractivity contribution in [2.24, 2.45) is 0 Å². The Morgan fingerprint density at radius 2 is 1.61 bits per heavy atom. The van der Waals surface area contributed by atoms with Gasteiger partial charge in [0, 0.05) is 26.6 Å². The molecular weight excluding hydrogens is 516 g/mol. The number of carbonyl (C=O) groups excluding carboxylic acids is 3. The lowest BCUT2D eigenvalue weighted by molar-refractivity contribution is -0.113. The number of hydrogen-bond donors (Lipinski definition) is 2. The molecule has 0 aliphatic carbocycles. The summed E-state index contributed by atoms with van der Waals surface area (Å²) in [5.74, 6) is 0.246. The van der Waals surface area contributed by atoms with E-state index in [1.165, 1.54) is 23.1 Å². The lowest BCUT2D eigenvalue weighted by Crippen LogP contribution is -2.30. The fourth-order valence-electron chi connectivity index (χ4n) is 3.43. The minimum absolute atomic E-state index is 0.0212. The molecule has 1 heterocycles. The quantitative estimate of drug-likeness (QED) is 0.128. The van der Waals surface area contributed by atoms with E-state index in [4.69, 9.17) is 4.74 Å². The molecule has 0 atom stereocenters. The largest absolute Gasteiger partial charge is 0.494 e. The first-order chi connectivity index (χ1) is 18.5. The molecule has 8 heteroatoms. The fourth-order valence-corrected chi connectivity index (χ4v) is 4.88. The number of thiophene rings is 1. The highest BCUT2D eigenvalue weighted by Gasteiger charge is 2.15. The predicted octanol–water partition coefficient (Wildman–Crippen LogP) is 6.53. The van der Waals surface area contributed by atoms with E-state index in [0.29, 0.717) is 29.2 Å². The zero-order valence-corrected chi connectivity index (χ0v) is 22.3. The molecule has 38 heavy (non-hydrogen) atoms. The molecule has 2 amide bonds. The molecule has 4 aromatic rings. The summed E-state index contributed by atoms with van der Waals surface area (Å²) in [7, 11) is 0. The van der Waals surface area contributed by atoms with Crippen molar-refractivity contribution in [3.63, 3.8) is 0 Å². The van der Waals surface area contributed by atoms with E-state index in [0.717, 1.165) is 15.5 Å². The lowest BCUT2D eigenvalue weighted by atomic mass is 10.1. The summed E-state index contributed by atoms with van der Waals surface area (Å²) in [6.07, 6.45) is 1.65. The number of carbonyl (C=O) groups is 3. The Kier molecular flexibility index (Phi) is 9.50. The molecule has 0 radical (unpaired) electrons. The molecule has 0 spiro atoms. The van der Waals surface area contributed by atoms with E-state index >= 15 is 0 Å². The highest BCUT2D eigenvalue weighted by atomic mass is 32.2. The Balaban J connectivity index is 1.37. The van der Waals surface area contributed by atoms with Crippen LogP contribution < -0.4 is 15.4 Å². The van der Waals surface area contributed by atoms with Crippen LogP contribution in [0.15, 0.2) is 107 Å². The first-order valence-electron chi connectivity index (χ1n) is 11.9. The van der Waals surface area contributed by atoms with Gasteiger partial charge >= 0.3 is 0 Å². The molecule has 0 saturated carbocycles. The monoisotopic (exact) mass is 542 g/mol. The minimum Gasteiger partial charge on any atom is -0.494 e. The standard InChI is InChI=1S/C30H26N2O4S2/c1-2-36-24-14-10-21(11-15-24)28(33)20-38-25-16-12-23(13-17-25)31-30(35)27(19-26-9-6-18-37-26)32-29(34)22-7-4-3-5-8-22/h3-19H,2,20H2,1H3,(H,31,35)(H,32,34)/b27-19-. The summed E-state index contributed by atoms with van der Waals surface area (Å²) < 4.78 is 5.42. The van der Waals surface area contributed by atoms with Gasteiger partial charge in [0.05, 0.1) is 12.4 Å². The van der Waals surface area contributed by atoms with Crippen LogP contribution in [0.4, 0.5) is 5.69 Å². The predicted molar refractivity (Wildman–Crippen MR) is 154 cm³/mol. The van der Waals surface area contributed by atoms with Gasteiger partial charge in [0.2, 0.25) is 0 Å². The summed E-state index contributed by atoms with van der Waals surface area (Å²) in [6.45, 7) is 2.49. The second-order valence-corrected chi connectivity index (χ2v) is 10.1. The van der Waals surface area contributed by atoms with Crippen molar-refractivity contribution in [1.29, 1.82) is 0 Å². The number of nitrogens with one attached hydrogen (secondary N) is 2. The zero-order chi connectivity index (χ0) is 26.7. The number of hydrogen-bond acceptors (Lipinski definition) is 6. The highest BCUT2D eigenvalue weighted by molar-refractivity contribution is 8.00. The van der Waals surface area contributed by atoms with Gasteiger partial charge in [0.1, 0.15) is 11.4 Å². The number of benzene rings is 3. The SMILES string of the molecule is CCOc1ccc(C(=O)CSc2ccc(NC(=O)/C(=C/c3cccs3)NC(=O)c3ccccc3)cc2)cc1. The normalized spacial score (nSPS) is 11.0. The molecule has 0 unspecified atom stereocenters. The van der Waals surface area contributed by atoms with Crippen molar-refractivity contribution >= 4 is 52.5 Å².